The number of thiazole rings is 1. The van der Waals surface area contributed by atoms with Crippen LogP contribution in [-0.4, -0.2) is 10.9 Å². The third-order valence-electron chi connectivity index (χ3n) is 2.11. The number of benzene rings is 1. The average Bonchev–Trinajstić information content (AvgIpc) is 2.69. The molecule has 1 heterocycles. The van der Waals surface area contributed by atoms with Crippen molar-refractivity contribution < 1.29 is 4.79 Å². The van der Waals surface area contributed by atoms with Crippen molar-refractivity contribution in [3.8, 4) is 0 Å². The van der Waals surface area contributed by atoms with Crippen molar-refractivity contribution in [1.29, 1.82) is 0 Å². The van der Waals surface area contributed by atoms with Crippen LogP contribution < -0.4 is 11.1 Å². The van der Waals surface area contributed by atoms with E-state index < -0.39 is 0 Å². The minimum Gasteiger partial charge on any atom is -0.375 e. The molecule has 1 amide bonds. The Balaban J connectivity index is 2.05. The van der Waals surface area contributed by atoms with Gasteiger partial charge in [0.1, 0.15) is 0 Å². The first-order chi connectivity index (χ1) is 8.54. The topological polar surface area (TPSA) is 68.0 Å². The van der Waals surface area contributed by atoms with Gasteiger partial charge in [-0.25, -0.2) is 4.98 Å². The molecule has 3 N–H and O–H groups in total. The molecular weight excluding hydrogens is 382 g/mol. The van der Waals surface area contributed by atoms with Crippen LogP contribution in [0.4, 0.5) is 10.8 Å². The molecule has 0 saturated carbocycles. The van der Waals surface area contributed by atoms with Crippen molar-refractivity contribution in [2.24, 2.45) is 0 Å². The molecule has 1 aromatic heterocycles. The summed E-state index contributed by atoms with van der Waals surface area (Å²) in [7, 11) is 0. The van der Waals surface area contributed by atoms with Gasteiger partial charge < -0.3 is 11.1 Å². The average molecular weight is 391 g/mol. The fourth-order valence-corrected chi connectivity index (χ4v) is 2.63. The van der Waals surface area contributed by atoms with Crippen molar-refractivity contribution in [2.45, 2.75) is 6.42 Å². The predicted octanol–water partition coefficient (Wildman–Crippen LogP) is 3.43. The number of nitrogens with two attached hydrogens (primary N) is 1. The molecule has 0 aliphatic rings. The van der Waals surface area contributed by atoms with E-state index >= 15 is 0 Å². The Kier molecular flexibility index (Phi) is 4.36. The van der Waals surface area contributed by atoms with E-state index in [2.05, 4.69) is 42.2 Å². The van der Waals surface area contributed by atoms with Crippen LogP contribution in [0.2, 0.25) is 0 Å². The first-order valence-corrected chi connectivity index (χ1v) is 7.46. The van der Waals surface area contributed by atoms with E-state index in [9.17, 15) is 4.79 Å². The largest absolute Gasteiger partial charge is 0.375 e. The summed E-state index contributed by atoms with van der Waals surface area (Å²) >= 11 is 8.06. The molecule has 0 spiro atoms. The van der Waals surface area contributed by atoms with Crippen molar-refractivity contribution in [1.82, 2.24) is 4.98 Å². The van der Waals surface area contributed by atoms with Gasteiger partial charge in [0.05, 0.1) is 17.8 Å². The first kappa shape index (κ1) is 13.5. The molecule has 2 rings (SSSR count). The van der Waals surface area contributed by atoms with Gasteiger partial charge in [-0.2, -0.15) is 0 Å². The van der Waals surface area contributed by atoms with E-state index in [1.807, 2.05) is 18.2 Å². The number of carbonyl (C=O) groups excluding carboxylic acids is 1. The Morgan fingerprint density at radius 2 is 2.22 bits per heavy atom. The van der Waals surface area contributed by atoms with E-state index in [0.29, 0.717) is 10.8 Å². The van der Waals surface area contributed by atoms with E-state index in [4.69, 9.17) is 5.73 Å². The van der Waals surface area contributed by atoms with Crippen LogP contribution in [0.25, 0.3) is 0 Å². The summed E-state index contributed by atoms with van der Waals surface area (Å²) in [6.45, 7) is 0. The summed E-state index contributed by atoms with van der Waals surface area (Å²) in [5.41, 5.74) is 6.91. The maximum Gasteiger partial charge on any atom is 0.230 e. The van der Waals surface area contributed by atoms with Crippen LogP contribution in [0.15, 0.2) is 32.5 Å². The smallest absolute Gasteiger partial charge is 0.230 e. The van der Waals surface area contributed by atoms with Crippen LogP contribution in [0.5, 0.6) is 0 Å². The van der Waals surface area contributed by atoms with Crippen molar-refractivity contribution >= 4 is 59.9 Å². The quantitative estimate of drug-likeness (QED) is 0.843. The van der Waals surface area contributed by atoms with Crippen molar-refractivity contribution in [3.63, 3.8) is 0 Å². The number of rotatable bonds is 3. The minimum atomic E-state index is -0.126. The molecule has 18 heavy (non-hydrogen) atoms. The van der Waals surface area contributed by atoms with Crippen LogP contribution in [-0.2, 0) is 11.2 Å². The standard InChI is InChI=1S/C11H9Br2N3OS/c12-6-1-2-8(13)9(3-6)16-10(17)4-7-5-18-11(14)15-7/h1-3,5H,4H2,(H2,14,15)(H,16,17). The van der Waals surface area contributed by atoms with Gasteiger partial charge in [0, 0.05) is 14.3 Å². The fourth-order valence-electron chi connectivity index (χ4n) is 1.36. The molecule has 0 saturated heterocycles. The van der Waals surface area contributed by atoms with Crippen LogP contribution in [0.3, 0.4) is 0 Å². The molecule has 0 aliphatic carbocycles. The van der Waals surface area contributed by atoms with Crippen LogP contribution >= 0.6 is 43.2 Å². The van der Waals surface area contributed by atoms with Gasteiger partial charge in [0.2, 0.25) is 5.91 Å². The molecule has 0 fully saturated rings. The summed E-state index contributed by atoms with van der Waals surface area (Å²) in [6, 6.07) is 5.58. The number of nitrogen functional groups attached to an aromatic ring is 1. The third kappa shape index (κ3) is 3.54. The second-order valence-electron chi connectivity index (χ2n) is 3.53. The van der Waals surface area contributed by atoms with Crippen LogP contribution in [0.1, 0.15) is 5.69 Å². The highest BCUT2D eigenvalue weighted by molar-refractivity contribution is 9.11. The molecule has 94 valence electrons. The zero-order valence-electron chi connectivity index (χ0n) is 9.11. The number of nitrogens with one attached hydrogen (secondary N) is 1. The zero-order valence-corrected chi connectivity index (χ0v) is 13.1. The highest BCUT2D eigenvalue weighted by Gasteiger charge is 2.09. The summed E-state index contributed by atoms with van der Waals surface area (Å²) in [5, 5.41) is 5.07. The summed E-state index contributed by atoms with van der Waals surface area (Å²) in [6.07, 6.45) is 0.215. The molecule has 0 aliphatic heterocycles. The molecule has 0 atom stereocenters. The molecule has 0 bridgehead atoms. The number of carbonyl (C=O) groups is 1. The van der Waals surface area contributed by atoms with Crippen LogP contribution in [0, 0.1) is 0 Å². The second-order valence-corrected chi connectivity index (χ2v) is 6.19. The number of halogens is 2. The van der Waals surface area contributed by atoms with Crippen molar-refractivity contribution in [3.05, 3.63) is 38.2 Å². The maximum atomic E-state index is 11.8. The normalized spacial score (nSPS) is 10.3. The van der Waals surface area contributed by atoms with E-state index in [1.165, 1.54) is 11.3 Å². The number of aromatic nitrogens is 1. The number of hydrogen-bond donors (Lipinski definition) is 2. The monoisotopic (exact) mass is 389 g/mol. The maximum absolute atomic E-state index is 11.8. The van der Waals surface area contributed by atoms with E-state index in [0.717, 1.165) is 14.6 Å². The Hall–Kier alpha value is -0.920. The van der Waals surface area contributed by atoms with Gasteiger partial charge >= 0.3 is 0 Å². The molecule has 0 unspecified atom stereocenters. The lowest BCUT2D eigenvalue weighted by molar-refractivity contribution is -0.115. The van der Waals surface area contributed by atoms with Gasteiger partial charge in [-0.15, -0.1) is 11.3 Å². The van der Waals surface area contributed by atoms with E-state index in [-0.39, 0.29) is 12.3 Å². The van der Waals surface area contributed by atoms with Gasteiger partial charge in [0.25, 0.3) is 0 Å². The Morgan fingerprint density at radius 3 is 2.89 bits per heavy atom. The molecule has 7 heteroatoms. The number of hydrogen-bond acceptors (Lipinski definition) is 4. The van der Waals surface area contributed by atoms with Gasteiger partial charge in [-0.1, -0.05) is 15.9 Å². The first-order valence-electron chi connectivity index (χ1n) is 4.99. The minimum absolute atomic E-state index is 0.126. The number of nitrogens with zero attached hydrogens (tertiary/aromatic N) is 1. The highest BCUT2D eigenvalue weighted by Crippen LogP contribution is 2.26. The lowest BCUT2D eigenvalue weighted by Gasteiger charge is -2.07. The van der Waals surface area contributed by atoms with Crippen molar-refractivity contribution in [2.75, 3.05) is 11.1 Å². The van der Waals surface area contributed by atoms with Gasteiger partial charge in [0.15, 0.2) is 5.13 Å². The molecule has 0 radical (unpaired) electrons. The molecule has 1 aromatic carbocycles. The predicted molar refractivity (Wildman–Crippen MR) is 80.7 cm³/mol. The third-order valence-corrected chi connectivity index (χ3v) is 4.02. The summed E-state index contributed by atoms with van der Waals surface area (Å²) in [5.74, 6) is -0.126. The van der Waals surface area contributed by atoms with Gasteiger partial charge in [-0.3, -0.25) is 4.79 Å². The number of anilines is 2. The molecule has 2 aromatic rings. The Morgan fingerprint density at radius 1 is 1.44 bits per heavy atom. The lowest BCUT2D eigenvalue weighted by atomic mass is 10.3. The number of amides is 1. The van der Waals surface area contributed by atoms with E-state index in [1.54, 1.807) is 5.38 Å². The van der Waals surface area contributed by atoms with Gasteiger partial charge in [-0.05, 0) is 34.1 Å². The summed E-state index contributed by atoms with van der Waals surface area (Å²) < 4.78 is 1.73. The zero-order chi connectivity index (χ0) is 13.1. The second kappa shape index (κ2) is 5.81. The molecular formula is C11H9Br2N3OS. The Labute approximate surface area is 125 Å². The highest BCUT2D eigenvalue weighted by atomic mass is 79.9. The Bertz CT molecular complexity index is 585. The summed E-state index contributed by atoms with van der Waals surface area (Å²) in [4.78, 5) is 15.9. The molecule has 4 nitrogen and oxygen atoms in total. The SMILES string of the molecule is Nc1nc(CC(=O)Nc2cc(Br)ccc2Br)cs1. The fraction of sp³-hybridized carbons (Fsp3) is 0.0909. The lowest BCUT2D eigenvalue weighted by Crippen LogP contribution is -2.15.